The first-order chi connectivity index (χ1) is 7.22. The standard InChI is InChI=1S/C9H14N2O4/c10-9(13)14-4-3-11-5-7-1-2-8(6-12)15-7/h1-2,11-12H,3-6H2,(H2,10,13). The van der Waals surface area contributed by atoms with Crippen LogP contribution in [-0.4, -0.2) is 24.4 Å². The lowest BCUT2D eigenvalue weighted by atomic mass is 10.4. The van der Waals surface area contributed by atoms with Crippen molar-refractivity contribution in [2.24, 2.45) is 5.73 Å². The highest BCUT2D eigenvalue weighted by Crippen LogP contribution is 2.06. The predicted molar refractivity (Wildman–Crippen MR) is 51.9 cm³/mol. The van der Waals surface area contributed by atoms with Crippen molar-refractivity contribution in [3.05, 3.63) is 23.7 Å². The molecule has 0 unspecified atom stereocenters. The fourth-order valence-corrected chi connectivity index (χ4v) is 1.04. The summed E-state index contributed by atoms with van der Waals surface area (Å²) in [7, 11) is 0. The molecule has 15 heavy (non-hydrogen) atoms. The fraction of sp³-hybridized carbons (Fsp3) is 0.444. The molecule has 0 spiro atoms. The van der Waals surface area contributed by atoms with Gasteiger partial charge in [0.25, 0.3) is 0 Å². The van der Waals surface area contributed by atoms with Gasteiger partial charge in [0.2, 0.25) is 0 Å². The molecule has 1 heterocycles. The van der Waals surface area contributed by atoms with Gasteiger partial charge in [0.1, 0.15) is 24.7 Å². The first kappa shape index (κ1) is 11.5. The van der Waals surface area contributed by atoms with Gasteiger partial charge in [-0.25, -0.2) is 4.79 Å². The third kappa shape index (κ3) is 4.48. The molecule has 6 nitrogen and oxygen atoms in total. The maximum atomic E-state index is 10.2. The van der Waals surface area contributed by atoms with Crippen molar-refractivity contribution in [1.82, 2.24) is 5.32 Å². The number of nitrogens with two attached hydrogens (primary N) is 1. The number of aliphatic hydroxyl groups is 1. The summed E-state index contributed by atoms with van der Waals surface area (Å²) in [4.78, 5) is 10.2. The highest BCUT2D eigenvalue weighted by Gasteiger charge is 2.00. The first-order valence-electron chi connectivity index (χ1n) is 4.53. The van der Waals surface area contributed by atoms with Crippen LogP contribution in [0.3, 0.4) is 0 Å². The van der Waals surface area contributed by atoms with E-state index in [1.54, 1.807) is 12.1 Å². The maximum Gasteiger partial charge on any atom is 0.404 e. The van der Waals surface area contributed by atoms with Crippen LogP contribution in [0.5, 0.6) is 0 Å². The lowest BCUT2D eigenvalue weighted by Gasteiger charge is -2.02. The predicted octanol–water partition coefficient (Wildman–Crippen LogP) is -0.0432. The largest absolute Gasteiger partial charge is 0.462 e. The van der Waals surface area contributed by atoms with Crippen molar-refractivity contribution < 1.29 is 19.1 Å². The molecule has 0 aromatic carbocycles. The van der Waals surface area contributed by atoms with Gasteiger partial charge in [-0.3, -0.25) is 0 Å². The molecule has 1 aromatic heterocycles. The second kappa shape index (κ2) is 6.05. The number of amides is 1. The van der Waals surface area contributed by atoms with E-state index in [4.69, 9.17) is 15.3 Å². The summed E-state index contributed by atoms with van der Waals surface area (Å²) in [5.41, 5.74) is 4.77. The lowest BCUT2D eigenvalue weighted by Crippen LogP contribution is -2.23. The Morgan fingerprint density at radius 3 is 2.87 bits per heavy atom. The van der Waals surface area contributed by atoms with Crippen LogP contribution in [0.4, 0.5) is 4.79 Å². The van der Waals surface area contributed by atoms with E-state index in [0.29, 0.717) is 18.8 Å². The molecule has 1 rings (SSSR count). The number of carbonyl (C=O) groups is 1. The van der Waals surface area contributed by atoms with Crippen molar-refractivity contribution in [2.75, 3.05) is 13.2 Å². The molecule has 0 aliphatic rings. The summed E-state index contributed by atoms with van der Waals surface area (Å²) in [5.74, 6) is 1.25. The van der Waals surface area contributed by atoms with Crippen LogP contribution in [0, 0.1) is 0 Å². The second-order valence-electron chi connectivity index (χ2n) is 2.87. The zero-order valence-corrected chi connectivity index (χ0v) is 8.23. The number of hydrogen-bond donors (Lipinski definition) is 3. The summed E-state index contributed by atoms with van der Waals surface area (Å²) >= 11 is 0. The lowest BCUT2D eigenvalue weighted by molar-refractivity contribution is 0.157. The van der Waals surface area contributed by atoms with Crippen LogP contribution in [0.15, 0.2) is 16.5 Å². The molecule has 1 aromatic rings. The molecule has 0 atom stereocenters. The number of furan rings is 1. The van der Waals surface area contributed by atoms with E-state index in [1.165, 1.54) is 0 Å². The third-order valence-corrected chi connectivity index (χ3v) is 1.70. The van der Waals surface area contributed by atoms with E-state index in [1.807, 2.05) is 0 Å². The van der Waals surface area contributed by atoms with Gasteiger partial charge in [0.15, 0.2) is 0 Å². The van der Waals surface area contributed by atoms with Crippen LogP contribution >= 0.6 is 0 Å². The van der Waals surface area contributed by atoms with Gasteiger partial charge in [-0.05, 0) is 12.1 Å². The molecule has 0 aliphatic heterocycles. The summed E-state index contributed by atoms with van der Waals surface area (Å²) in [5, 5.41) is 11.7. The molecular weight excluding hydrogens is 200 g/mol. The minimum absolute atomic E-state index is 0.106. The number of carbonyl (C=O) groups excluding carboxylic acids is 1. The first-order valence-corrected chi connectivity index (χ1v) is 4.53. The normalized spacial score (nSPS) is 10.2. The van der Waals surface area contributed by atoms with Gasteiger partial charge >= 0.3 is 6.09 Å². The van der Waals surface area contributed by atoms with Crippen LogP contribution in [-0.2, 0) is 17.9 Å². The Labute approximate surface area is 87.0 Å². The highest BCUT2D eigenvalue weighted by atomic mass is 16.5. The van der Waals surface area contributed by atoms with E-state index >= 15 is 0 Å². The Morgan fingerprint density at radius 1 is 1.53 bits per heavy atom. The van der Waals surface area contributed by atoms with E-state index in [0.717, 1.165) is 5.76 Å². The molecule has 84 valence electrons. The maximum absolute atomic E-state index is 10.2. The van der Waals surface area contributed by atoms with E-state index in [9.17, 15) is 4.79 Å². The van der Waals surface area contributed by atoms with Gasteiger partial charge in [0.05, 0.1) is 6.54 Å². The molecule has 0 fully saturated rings. The van der Waals surface area contributed by atoms with Gasteiger partial charge in [-0.15, -0.1) is 0 Å². The number of rotatable bonds is 6. The van der Waals surface area contributed by atoms with Gasteiger partial charge in [0, 0.05) is 6.54 Å². The zero-order chi connectivity index (χ0) is 11.1. The van der Waals surface area contributed by atoms with Crippen molar-refractivity contribution in [3.63, 3.8) is 0 Å². The Balaban J connectivity index is 2.12. The monoisotopic (exact) mass is 214 g/mol. The average Bonchev–Trinajstić information content (AvgIpc) is 2.65. The molecule has 4 N–H and O–H groups in total. The fourth-order valence-electron chi connectivity index (χ4n) is 1.04. The Kier molecular flexibility index (Phi) is 4.65. The minimum atomic E-state index is -0.780. The quantitative estimate of drug-likeness (QED) is 0.577. The molecule has 0 saturated carbocycles. The topological polar surface area (TPSA) is 97.7 Å². The van der Waals surface area contributed by atoms with Crippen molar-refractivity contribution in [2.45, 2.75) is 13.2 Å². The second-order valence-corrected chi connectivity index (χ2v) is 2.87. The smallest absolute Gasteiger partial charge is 0.404 e. The zero-order valence-electron chi connectivity index (χ0n) is 8.23. The molecule has 0 aliphatic carbocycles. The number of primary amides is 1. The molecule has 0 saturated heterocycles. The van der Waals surface area contributed by atoms with Crippen LogP contribution in [0.1, 0.15) is 11.5 Å². The van der Waals surface area contributed by atoms with E-state index < -0.39 is 6.09 Å². The van der Waals surface area contributed by atoms with Crippen molar-refractivity contribution in [1.29, 1.82) is 0 Å². The summed E-state index contributed by atoms with van der Waals surface area (Å²) < 4.78 is 9.73. The van der Waals surface area contributed by atoms with Crippen molar-refractivity contribution >= 4 is 6.09 Å². The Bertz CT molecular complexity index is 311. The number of nitrogens with one attached hydrogen (secondary N) is 1. The van der Waals surface area contributed by atoms with Gasteiger partial charge < -0.3 is 25.3 Å². The number of aliphatic hydroxyl groups excluding tert-OH is 1. The SMILES string of the molecule is NC(=O)OCCNCc1ccc(CO)o1. The minimum Gasteiger partial charge on any atom is -0.462 e. The molecular formula is C9H14N2O4. The Morgan fingerprint density at radius 2 is 2.27 bits per heavy atom. The van der Waals surface area contributed by atoms with E-state index in [-0.39, 0.29) is 13.2 Å². The summed E-state index contributed by atoms with van der Waals surface area (Å²) in [6, 6.07) is 3.48. The number of hydrogen-bond acceptors (Lipinski definition) is 5. The summed E-state index contributed by atoms with van der Waals surface area (Å²) in [6.07, 6.45) is -0.780. The third-order valence-electron chi connectivity index (χ3n) is 1.70. The van der Waals surface area contributed by atoms with Crippen LogP contribution in [0.25, 0.3) is 0 Å². The molecule has 6 heteroatoms. The average molecular weight is 214 g/mol. The van der Waals surface area contributed by atoms with Gasteiger partial charge in [-0.2, -0.15) is 0 Å². The number of ether oxygens (including phenoxy) is 1. The van der Waals surface area contributed by atoms with Gasteiger partial charge in [-0.1, -0.05) is 0 Å². The van der Waals surface area contributed by atoms with Crippen LogP contribution in [0.2, 0.25) is 0 Å². The molecule has 0 radical (unpaired) electrons. The van der Waals surface area contributed by atoms with Crippen LogP contribution < -0.4 is 11.1 Å². The summed E-state index contributed by atoms with van der Waals surface area (Å²) in [6.45, 7) is 1.13. The van der Waals surface area contributed by atoms with Crippen molar-refractivity contribution in [3.8, 4) is 0 Å². The molecule has 1 amide bonds. The highest BCUT2D eigenvalue weighted by molar-refractivity contribution is 5.64. The Hall–Kier alpha value is -1.53. The molecule has 0 bridgehead atoms. The van der Waals surface area contributed by atoms with E-state index in [2.05, 4.69) is 10.1 Å².